The molecule has 1 fully saturated rings. The summed E-state index contributed by atoms with van der Waals surface area (Å²) in [6.07, 6.45) is -0.246. The number of aliphatic hydroxyl groups is 1. The summed E-state index contributed by atoms with van der Waals surface area (Å²) in [5, 5.41) is 16.9. The Morgan fingerprint density at radius 3 is 2.84 bits per heavy atom. The Kier molecular flexibility index (Phi) is 6.89. The molecule has 1 heterocycles. The topological polar surface area (TPSA) is 53.5 Å². The van der Waals surface area contributed by atoms with E-state index in [9.17, 15) is 5.11 Å². The molecule has 0 bridgehead atoms. The molecule has 0 saturated carbocycles. The molecule has 2 atom stereocenters. The molecule has 1 saturated heterocycles. The molecule has 2 unspecified atom stereocenters. The Morgan fingerprint density at radius 2 is 2.26 bits per heavy atom. The van der Waals surface area contributed by atoms with Gasteiger partial charge in [-0.1, -0.05) is 17.7 Å². The summed E-state index contributed by atoms with van der Waals surface area (Å²) < 4.78 is 5.10. The molecule has 19 heavy (non-hydrogen) atoms. The molecule has 6 heteroatoms. The Morgan fingerprint density at radius 1 is 1.47 bits per heavy atom. The van der Waals surface area contributed by atoms with Crippen molar-refractivity contribution in [3.63, 3.8) is 0 Å². The average Bonchev–Trinajstić information content (AvgIpc) is 2.77. The van der Waals surface area contributed by atoms with E-state index in [1.807, 2.05) is 18.2 Å². The van der Waals surface area contributed by atoms with Crippen molar-refractivity contribution in [3.05, 3.63) is 28.8 Å². The number of rotatable bonds is 5. The fourth-order valence-electron chi connectivity index (χ4n) is 2.12. The molecule has 1 aromatic rings. The van der Waals surface area contributed by atoms with E-state index < -0.39 is 0 Å². The number of halogens is 2. The summed E-state index contributed by atoms with van der Waals surface area (Å²) in [7, 11) is 1.62. The van der Waals surface area contributed by atoms with Crippen LogP contribution in [0.15, 0.2) is 18.2 Å². The second-order valence-corrected chi connectivity index (χ2v) is 4.98. The minimum absolute atomic E-state index is 0. The first-order chi connectivity index (χ1) is 8.70. The highest BCUT2D eigenvalue weighted by atomic mass is 35.5. The molecule has 1 aromatic carbocycles. The molecule has 1 aliphatic heterocycles. The van der Waals surface area contributed by atoms with Crippen LogP contribution in [0, 0.1) is 5.92 Å². The summed E-state index contributed by atoms with van der Waals surface area (Å²) in [5.74, 6) is 1.04. The van der Waals surface area contributed by atoms with Gasteiger partial charge in [-0.2, -0.15) is 0 Å². The first-order valence-corrected chi connectivity index (χ1v) is 6.50. The number of hydrogen-bond donors (Lipinski definition) is 3. The van der Waals surface area contributed by atoms with Crippen molar-refractivity contribution in [2.24, 2.45) is 5.92 Å². The standard InChI is InChI=1S/C13H19ClN2O2.ClH/c1-18-11-3-2-9(12(14)4-11)5-15-6-10-7-16-8-13(10)17;/h2-4,10,13,15-17H,5-8H2,1H3;1H. The third-order valence-electron chi connectivity index (χ3n) is 3.29. The van der Waals surface area contributed by atoms with Crippen molar-refractivity contribution in [1.29, 1.82) is 0 Å². The Hall–Kier alpha value is -0.520. The molecule has 0 spiro atoms. The fraction of sp³-hybridized carbons (Fsp3) is 0.538. The molecule has 108 valence electrons. The number of nitrogens with one attached hydrogen (secondary N) is 2. The molecule has 0 amide bonds. The Labute approximate surface area is 124 Å². The zero-order valence-corrected chi connectivity index (χ0v) is 12.4. The van der Waals surface area contributed by atoms with Crippen LogP contribution in [0.2, 0.25) is 5.02 Å². The number of β-amino-alcohol motifs (C(OH)–C–C–N with tert-alkyl or cyclic N) is 1. The molecule has 4 nitrogen and oxygen atoms in total. The zero-order chi connectivity index (χ0) is 13.0. The van der Waals surface area contributed by atoms with Crippen LogP contribution in [0.3, 0.4) is 0 Å². The van der Waals surface area contributed by atoms with Gasteiger partial charge in [0.05, 0.1) is 13.2 Å². The minimum Gasteiger partial charge on any atom is -0.497 e. The lowest BCUT2D eigenvalue weighted by Crippen LogP contribution is -2.30. The van der Waals surface area contributed by atoms with E-state index in [2.05, 4.69) is 10.6 Å². The second-order valence-electron chi connectivity index (χ2n) is 4.57. The molecule has 3 N–H and O–H groups in total. The van der Waals surface area contributed by atoms with Gasteiger partial charge >= 0.3 is 0 Å². The van der Waals surface area contributed by atoms with Crippen molar-refractivity contribution >= 4 is 24.0 Å². The smallest absolute Gasteiger partial charge is 0.120 e. The van der Waals surface area contributed by atoms with Crippen LogP contribution in [0.5, 0.6) is 5.75 Å². The van der Waals surface area contributed by atoms with Crippen molar-refractivity contribution in [2.45, 2.75) is 12.6 Å². The van der Waals surface area contributed by atoms with Gasteiger partial charge in [0.25, 0.3) is 0 Å². The quantitative estimate of drug-likeness (QED) is 0.770. The highest BCUT2D eigenvalue weighted by Crippen LogP contribution is 2.22. The van der Waals surface area contributed by atoms with Crippen LogP contribution in [0.25, 0.3) is 0 Å². The summed E-state index contributed by atoms with van der Waals surface area (Å²) in [4.78, 5) is 0. The lowest BCUT2D eigenvalue weighted by molar-refractivity contribution is 0.146. The van der Waals surface area contributed by atoms with Crippen molar-refractivity contribution in [1.82, 2.24) is 10.6 Å². The molecular weight excluding hydrogens is 287 g/mol. The first-order valence-electron chi connectivity index (χ1n) is 6.12. The summed E-state index contributed by atoms with van der Waals surface area (Å²) in [6.45, 7) is 3.04. The number of ether oxygens (including phenoxy) is 1. The van der Waals surface area contributed by atoms with Gasteiger partial charge in [0.2, 0.25) is 0 Å². The maximum atomic E-state index is 9.66. The van der Waals surface area contributed by atoms with Gasteiger partial charge in [-0.05, 0) is 17.7 Å². The maximum absolute atomic E-state index is 9.66. The summed E-state index contributed by atoms with van der Waals surface area (Å²) in [6, 6.07) is 5.66. The van der Waals surface area contributed by atoms with Crippen LogP contribution >= 0.6 is 24.0 Å². The highest BCUT2D eigenvalue weighted by Gasteiger charge is 2.24. The number of benzene rings is 1. The van der Waals surface area contributed by atoms with E-state index in [1.54, 1.807) is 7.11 Å². The van der Waals surface area contributed by atoms with Crippen LogP contribution in [-0.4, -0.2) is 38.0 Å². The second kappa shape index (κ2) is 7.92. The number of hydrogen-bond acceptors (Lipinski definition) is 4. The molecular formula is C13H20Cl2N2O2. The van der Waals surface area contributed by atoms with Gasteiger partial charge in [0.15, 0.2) is 0 Å². The third-order valence-corrected chi connectivity index (χ3v) is 3.64. The van der Waals surface area contributed by atoms with E-state index in [-0.39, 0.29) is 24.4 Å². The lowest BCUT2D eigenvalue weighted by atomic mass is 10.1. The zero-order valence-electron chi connectivity index (χ0n) is 10.9. The highest BCUT2D eigenvalue weighted by molar-refractivity contribution is 6.31. The van der Waals surface area contributed by atoms with Gasteiger partial charge in [-0.25, -0.2) is 0 Å². The molecule has 0 radical (unpaired) electrons. The maximum Gasteiger partial charge on any atom is 0.120 e. The van der Waals surface area contributed by atoms with Crippen LogP contribution in [0.1, 0.15) is 5.56 Å². The third kappa shape index (κ3) is 4.51. The average molecular weight is 307 g/mol. The number of aliphatic hydroxyl groups excluding tert-OH is 1. The van der Waals surface area contributed by atoms with Crippen LogP contribution in [-0.2, 0) is 6.54 Å². The largest absolute Gasteiger partial charge is 0.497 e. The van der Waals surface area contributed by atoms with E-state index in [1.165, 1.54) is 0 Å². The van der Waals surface area contributed by atoms with Gasteiger partial charge in [-0.15, -0.1) is 12.4 Å². The van der Waals surface area contributed by atoms with Crippen LogP contribution in [0.4, 0.5) is 0 Å². The summed E-state index contributed by atoms with van der Waals surface area (Å²) in [5.41, 5.74) is 1.04. The molecule has 2 rings (SSSR count). The molecule has 0 aromatic heterocycles. The SMILES string of the molecule is COc1ccc(CNCC2CNCC2O)c(Cl)c1.Cl. The van der Waals surface area contributed by atoms with Crippen molar-refractivity contribution in [2.75, 3.05) is 26.7 Å². The van der Waals surface area contributed by atoms with E-state index in [0.717, 1.165) is 24.4 Å². The minimum atomic E-state index is -0.246. The normalized spacial score (nSPS) is 22.1. The monoisotopic (exact) mass is 306 g/mol. The Balaban J connectivity index is 0.00000180. The van der Waals surface area contributed by atoms with Crippen LogP contribution < -0.4 is 15.4 Å². The summed E-state index contributed by atoms with van der Waals surface area (Å²) >= 11 is 6.15. The Bertz CT molecular complexity index is 404. The lowest BCUT2D eigenvalue weighted by Gasteiger charge is -2.14. The van der Waals surface area contributed by atoms with Gasteiger partial charge in [-0.3, -0.25) is 0 Å². The van der Waals surface area contributed by atoms with E-state index in [4.69, 9.17) is 16.3 Å². The first kappa shape index (κ1) is 16.5. The number of methoxy groups -OCH3 is 1. The van der Waals surface area contributed by atoms with Crippen molar-refractivity contribution in [3.8, 4) is 5.75 Å². The van der Waals surface area contributed by atoms with Gasteiger partial charge in [0.1, 0.15) is 5.75 Å². The predicted molar refractivity (Wildman–Crippen MR) is 79.3 cm³/mol. The van der Waals surface area contributed by atoms with Gasteiger partial charge < -0.3 is 20.5 Å². The van der Waals surface area contributed by atoms with Crippen molar-refractivity contribution < 1.29 is 9.84 Å². The van der Waals surface area contributed by atoms with E-state index in [0.29, 0.717) is 18.1 Å². The predicted octanol–water partition coefficient (Wildman–Crippen LogP) is 1.44. The fourth-order valence-corrected chi connectivity index (χ4v) is 2.36. The molecule has 1 aliphatic rings. The van der Waals surface area contributed by atoms with E-state index >= 15 is 0 Å². The molecule has 0 aliphatic carbocycles. The van der Waals surface area contributed by atoms with Gasteiger partial charge in [0, 0.05) is 37.1 Å².